The lowest BCUT2D eigenvalue weighted by Gasteiger charge is -2.11. The molecule has 0 N–H and O–H groups in total. The maximum absolute atomic E-state index is 12.4. The van der Waals surface area contributed by atoms with Crippen LogP contribution in [0.2, 0.25) is 0 Å². The van der Waals surface area contributed by atoms with Crippen molar-refractivity contribution in [1.29, 1.82) is 0 Å². The van der Waals surface area contributed by atoms with E-state index in [1.54, 1.807) is 61.9 Å². The van der Waals surface area contributed by atoms with Gasteiger partial charge in [-0.05, 0) is 42.7 Å². The van der Waals surface area contributed by atoms with Gasteiger partial charge < -0.3 is 14.2 Å². The minimum atomic E-state index is -0.502. The van der Waals surface area contributed by atoms with Gasteiger partial charge in [-0.25, -0.2) is 4.79 Å². The third kappa shape index (κ3) is 4.87. The summed E-state index contributed by atoms with van der Waals surface area (Å²) < 4.78 is 15.5. The Kier molecular flexibility index (Phi) is 6.65. The molecule has 0 aliphatic rings. The van der Waals surface area contributed by atoms with Gasteiger partial charge in [-0.1, -0.05) is 23.9 Å². The minimum absolute atomic E-state index is 0.206. The SMILES string of the molecule is COC(=O)c1ccccc1O/C(=C/C(=O)c1ccc(OC)cc1)SC. The lowest BCUT2D eigenvalue weighted by Crippen LogP contribution is -2.06. The second-order valence-corrected chi connectivity index (χ2v) is 5.66. The molecule has 0 unspecified atom stereocenters. The van der Waals surface area contributed by atoms with Crippen molar-refractivity contribution in [2.24, 2.45) is 0 Å². The molecular formula is C19H18O5S. The molecule has 130 valence electrons. The van der Waals surface area contributed by atoms with Crippen LogP contribution in [0.5, 0.6) is 11.5 Å². The van der Waals surface area contributed by atoms with E-state index in [4.69, 9.17) is 14.2 Å². The lowest BCUT2D eigenvalue weighted by molar-refractivity contribution is 0.0597. The Hall–Kier alpha value is -2.73. The van der Waals surface area contributed by atoms with Crippen LogP contribution in [0.1, 0.15) is 20.7 Å². The van der Waals surface area contributed by atoms with Gasteiger partial charge in [0.2, 0.25) is 0 Å². The summed E-state index contributed by atoms with van der Waals surface area (Å²) in [5.41, 5.74) is 0.805. The van der Waals surface area contributed by atoms with E-state index in [1.807, 2.05) is 0 Å². The normalized spacial score (nSPS) is 10.9. The number of thioether (sulfide) groups is 1. The monoisotopic (exact) mass is 358 g/mol. The molecule has 5 nitrogen and oxygen atoms in total. The summed E-state index contributed by atoms with van der Waals surface area (Å²) in [7, 11) is 2.87. The van der Waals surface area contributed by atoms with Crippen LogP contribution in [0.15, 0.2) is 59.7 Å². The van der Waals surface area contributed by atoms with Gasteiger partial charge in [0, 0.05) is 11.6 Å². The zero-order chi connectivity index (χ0) is 18.2. The highest BCUT2D eigenvalue weighted by atomic mass is 32.2. The van der Waals surface area contributed by atoms with Gasteiger partial charge in [0.15, 0.2) is 10.9 Å². The molecule has 2 aromatic carbocycles. The van der Waals surface area contributed by atoms with Crippen molar-refractivity contribution in [3.63, 3.8) is 0 Å². The number of benzene rings is 2. The van der Waals surface area contributed by atoms with E-state index in [2.05, 4.69) is 0 Å². The number of para-hydroxylation sites is 1. The van der Waals surface area contributed by atoms with E-state index in [9.17, 15) is 9.59 Å². The molecule has 25 heavy (non-hydrogen) atoms. The Bertz CT molecular complexity index is 781. The maximum Gasteiger partial charge on any atom is 0.341 e. The molecule has 0 aliphatic carbocycles. The van der Waals surface area contributed by atoms with Crippen molar-refractivity contribution >= 4 is 23.5 Å². The predicted molar refractivity (Wildman–Crippen MR) is 97.3 cm³/mol. The Morgan fingerprint density at radius 1 is 1.00 bits per heavy atom. The standard InChI is InChI=1S/C19H18O5S/c1-22-14-10-8-13(9-11-14)16(20)12-18(25-3)24-17-7-5-4-6-15(17)19(21)23-2/h4-12H,1-3H3/b18-12-. The van der Waals surface area contributed by atoms with Gasteiger partial charge in [0.25, 0.3) is 0 Å². The summed E-state index contributed by atoms with van der Waals surface area (Å²) in [6.45, 7) is 0. The molecule has 6 heteroatoms. The quantitative estimate of drug-likeness (QED) is 0.323. The Balaban J connectivity index is 2.23. The van der Waals surface area contributed by atoms with Gasteiger partial charge in [-0.2, -0.15) is 0 Å². The van der Waals surface area contributed by atoms with Crippen molar-refractivity contribution in [2.45, 2.75) is 0 Å². The molecule has 0 bridgehead atoms. The van der Waals surface area contributed by atoms with Crippen molar-refractivity contribution in [1.82, 2.24) is 0 Å². The first-order chi connectivity index (χ1) is 12.1. The molecule has 0 saturated carbocycles. The zero-order valence-electron chi connectivity index (χ0n) is 14.1. The lowest BCUT2D eigenvalue weighted by atomic mass is 10.1. The molecule has 0 aromatic heterocycles. The van der Waals surface area contributed by atoms with Crippen molar-refractivity contribution in [2.75, 3.05) is 20.5 Å². The van der Waals surface area contributed by atoms with Crippen LogP contribution >= 0.6 is 11.8 Å². The minimum Gasteiger partial charge on any atom is -0.497 e. The summed E-state index contributed by atoms with van der Waals surface area (Å²) in [4.78, 5) is 24.2. The number of carbonyl (C=O) groups excluding carboxylic acids is 2. The van der Waals surface area contributed by atoms with Gasteiger partial charge >= 0.3 is 5.97 Å². The fourth-order valence-corrected chi connectivity index (χ4v) is 2.42. The molecule has 0 spiro atoms. The predicted octanol–water partition coefficient (Wildman–Crippen LogP) is 3.95. The fraction of sp³-hybridized carbons (Fsp3) is 0.158. The molecule has 0 atom stereocenters. The van der Waals surface area contributed by atoms with E-state index >= 15 is 0 Å². The maximum atomic E-state index is 12.4. The average molecular weight is 358 g/mol. The molecule has 0 heterocycles. The van der Waals surface area contributed by atoms with Gasteiger partial charge in [-0.15, -0.1) is 0 Å². The smallest absolute Gasteiger partial charge is 0.341 e. The molecule has 0 saturated heterocycles. The van der Waals surface area contributed by atoms with Crippen molar-refractivity contribution in [3.05, 3.63) is 70.8 Å². The number of esters is 1. The van der Waals surface area contributed by atoms with Crippen LogP contribution < -0.4 is 9.47 Å². The molecule has 2 aromatic rings. The number of ketones is 1. The zero-order valence-corrected chi connectivity index (χ0v) is 15.0. The second-order valence-electron chi connectivity index (χ2n) is 4.85. The van der Waals surface area contributed by atoms with Gasteiger partial charge in [-0.3, -0.25) is 4.79 Å². The van der Waals surface area contributed by atoms with Crippen LogP contribution in [-0.2, 0) is 4.74 Å². The summed E-state index contributed by atoms with van der Waals surface area (Å²) >= 11 is 1.26. The highest BCUT2D eigenvalue weighted by Crippen LogP contribution is 2.25. The highest BCUT2D eigenvalue weighted by Gasteiger charge is 2.14. The van der Waals surface area contributed by atoms with Gasteiger partial charge in [0.05, 0.1) is 14.2 Å². The number of rotatable bonds is 7. The number of ether oxygens (including phenoxy) is 3. The van der Waals surface area contributed by atoms with Crippen LogP contribution in [0.3, 0.4) is 0 Å². The Morgan fingerprint density at radius 2 is 1.68 bits per heavy atom. The van der Waals surface area contributed by atoms with Crippen LogP contribution in [-0.4, -0.2) is 32.2 Å². The van der Waals surface area contributed by atoms with Crippen LogP contribution in [0.4, 0.5) is 0 Å². The van der Waals surface area contributed by atoms with E-state index in [1.165, 1.54) is 24.9 Å². The van der Waals surface area contributed by atoms with E-state index in [-0.39, 0.29) is 5.78 Å². The number of hydrogen-bond acceptors (Lipinski definition) is 6. The fourth-order valence-electron chi connectivity index (χ4n) is 2.02. The van der Waals surface area contributed by atoms with E-state index in [0.29, 0.717) is 27.7 Å². The van der Waals surface area contributed by atoms with Crippen LogP contribution in [0, 0.1) is 0 Å². The molecule has 2 rings (SSSR count). The largest absolute Gasteiger partial charge is 0.497 e. The molecule has 0 amide bonds. The summed E-state index contributed by atoms with van der Waals surface area (Å²) in [5, 5.41) is 0.372. The summed E-state index contributed by atoms with van der Waals surface area (Å²) in [5.74, 6) is 0.298. The third-order valence-electron chi connectivity index (χ3n) is 3.33. The topological polar surface area (TPSA) is 61.8 Å². The van der Waals surface area contributed by atoms with E-state index in [0.717, 1.165) is 0 Å². The number of hydrogen-bond donors (Lipinski definition) is 0. The number of allylic oxidation sites excluding steroid dienone is 1. The molecule has 0 radical (unpaired) electrons. The molecular weight excluding hydrogens is 340 g/mol. The average Bonchev–Trinajstić information content (AvgIpc) is 2.67. The Morgan fingerprint density at radius 3 is 2.28 bits per heavy atom. The van der Waals surface area contributed by atoms with E-state index < -0.39 is 5.97 Å². The van der Waals surface area contributed by atoms with Crippen LogP contribution in [0.25, 0.3) is 0 Å². The van der Waals surface area contributed by atoms with Gasteiger partial charge in [0.1, 0.15) is 17.1 Å². The molecule has 0 fully saturated rings. The third-order valence-corrected chi connectivity index (χ3v) is 3.93. The molecule has 0 aliphatic heterocycles. The van der Waals surface area contributed by atoms with Crippen molar-refractivity contribution in [3.8, 4) is 11.5 Å². The second kappa shape index (κ2) is 8.94. The van der Waals surface area contributed by atoms with Crippen molar-refractivity contribution < 1.29 is 23.8 Å². The number of methoxy groups -OCH3 is 2. The summed E-state index contributed by atoms with van der Waals surface area (Å²) in [6, 6.07) is 13.5. The first-order valence-electron chi connectivity index (χ1n) is 7.38. The first kappa shape index (κ1) is 18.6. The summed E-state index contributed by atoms with van der Waals surface area (Å²) in [6.07, 6.45) is 3.18. The first-order valence-corrected chi connectivity index (χ1v) is 8.60. The highest BCUT2D eigenvalue weighted by molar-refractivity contribution is 8.02. The number of carbonyl (C=O) groups is 2. The Labute approximate surface area is 150 Å².